The first-order chi connectivity index (χ1) is 7.13. The van der Waals surface area contributed by atoms with Gasteiger partial charge in [0.15, 0.2) is 0 Å². The Morgan fingerprint density at radius 2 is 2.00 bits per heavy atom. The van der Waals surface area contributed by atoms with Crippen LogP contribution in [0.1, 0.15) is 6.42 Å². The largest absolute Gasteiger partial charge is 0.480 e. The van der Waals surface area contributed by atoms with Gasteiger partial charge in [0.1, 0.15) is 6.04 Å². The van der Waals surface area contributed by atoms with Crippen LogP contribution in [0.3, 0.4) is 0 Å². The van der Waals surface area contributed by atoms with E-state index in [4.69, 9.17) is 5.11 Å². The van der Waals surface area contributed by atoms with Crippen molar-refractivity contribution in [1.29, 1.82) is 0 Å². The summed E-state index contributed by atoms with van der Waals surface area (Å²) in [5, 5.41) is 8.80. The first kappa shape index (κ1) is 13.7. The van der Waals surface area contributed by atoms with Crippen molar-refractivity contribution in [3.8, 4) is 0 Å². The van der Waals surface area contributed by atoms with Crippen LogP contribution in [0.2, 0.25) is 25.7 Å². The summed E-state index contributed by atoms with van der Waals surface area (Å²) in [4.78, 5) is 10.7. The van der Waals surface area contributed by atoms with Crippen LogP contribution in [0.5, 0.6) is 0 Å². The van der Waals surface area contributed by atoms with Crippen LogP contribution in [0, 0.1) is 0 Å². The van der Waals surface area contributed by atoms with E-state index in [2.05, 4.69) is 19.6 Å². The Balaban J connectivity index is 2.62. The normalized spacial score (nSPS) is 22.8. The molecule has 0 aromatic carbocycles. The van der Waals surface area contributed by atoms with Gasteiger partial charge in [0.25, 0.3) is 0 Å². The van der Waals surface area contributed by atoms with E-state index < -0.39 is 30.1 Å². The summed E-state index contributed by atoms with van der Waals surface area (Å²) in [6.07, 6.45) is 0.432. The van der Waals surface area contributed by atoms with Gasteiger partial charge in [-0.05, 0) is 12.5 Å². The first-order valence-corrected chi connectivity index (χ1v) is 10.7. The van der Waals surface area contributed by atoms with Gasteiger partial charge in [-0.2, -0.15) is 4.31 Å². The lowest BCUT2D eigenvalue weighted by molar-refractivity contribution is -0.144. The van der Waals surface area contributed by atoms with E-state index in [0.29, 0.717) is 19.0 Å². The van der Waals surface area contributed by atoms with Gasteiger partial charge < -0.3 is 5.11 Å². The van der Waals surface area contributed by atoms with Gasteiger partial charge in [-0.3, -0.25) is 4.79 Å². The molecule has 0 unspecified atom stereocenters. The maximum atomic E-state index is 11.9. The summed E-state index contributed by atoms with van der Waals surface area (Å²) in [5.74, 6) is -0.949. The minimum Gasteiger partial charge on any atom is -0.480 e. The van der Waals surface area contributed by atoms with Crippen LogP contribution in [-0.2, 0) is 14.8 Å². The number of rotatable bonds is 5. The van der Waals surface area contributed by atoms with Gasteiger partial charge in [-0.1, -0.05) is 19.6 Å². The molecular weight excluding hydrogens is 246 g/mol. The van der Waals surface area contributed by atoms with E-state index in [1.54, 1.807) is 0 Å². The Kier molecular flexibility index (Phi) is 3.81. The maximum Gasteiger partial charge on any atom is 0.322 e. The fourth-order valence-electron chi connectivity index (χ4n) is 1.50. The molecule has 0 aromatic heterocycles. The lowest BCUT2D eigenvalue weighted by Gasteiger charge is -2.37. The zero-order chi connectivity index (χ0) is 12.6. The molecule has 1 heterocycles. The fourth-order valence-corrected chi connectivity index (χ4v) is 6.18. The number of carbonyl (C=O) groups is 1. The van der Waals surface area contributed by atoms with Gasteiger partial charge in [-0.25, -0.2) is 8.42 Å². The zero-order valence-electron chi connectivity index (χ0n) is 9.93. The topological polar surface area (TPSA) is 74.7 Å². The van der Waals surface area contributed by atoms with Crippen molar-refractivity contribution in [3.63, 3.8) is 0 Å². The molecular formula is C9H19NO4SSi. The van der Waals surface area contributed by atoms with Crippen LogP contribution >= 0.6 is 0 Å². The number of carboxylic acids is 1. The van der Waals surface area contributed by atoms with Gasteiger partial charge in [0.2, 0.25) is 10.0 Å². The molecule has 0 amide bonds. The zero-order valence-corrected chi connectivity index (χ0v) is 11.7. The van der Waals surface area contributed by atoms with Crippen LogP contribution < -0.4 is 0 Å². The van der Waals surface area contributed by atoms with Gasteiger partial charge in [0, 0.05) is 14.6 Å². The molecule has 0 spiro atoms. The summed E-state index contributed by atoms with van der Waals surface area (Å²) in [7, 11) is -4.77. The molecule has 0 aromatic rings. The minimum atomic E-state index is -3.36. The molecule has 1 rings (SSSR count). The van der Waals surface area contributed by atoms with Crippen LogP contribution in [0.4, 0.5) is 0 Å². The minimum absolute atomic E-state index is 0.0898. The summed E-state index contributed by atoms with van der Waals surface area (Å²) in [6.45, 7) is 6.67. The van der Waals surface area contributed by atoms with Gasteiger partial charge >= 0.3 is 5.97 Å². The maximum absolute atomic E-state index is 11.9. The molecule has 5 nitrogen and oxygen atoms in total. The third kappa shape index (κ3) is 3.29. The van der Waals surface area contributed by atoms with Crippen molar-refractivity contribution < 1.29 is 18.3 Å². The van der Waals surface area contributed by atoms with E-state index >= 15 is 0 Å². The van der Waals surface area contributed by atoms with Crippen molar-refractivity contribution in [3.05, 3.63) is 0 Å². The van der Waals surface area contributed by atoms with E-state index in [-0.39, 0.29) is 5.75 Å². The van der Waals surface area contributed by atoms with E-state index in [1.165, 1.54) is 0 Å². The van der Waals surface area contributed by atoms with Crippen molar-refractivity contribution >= 4 is 24.1 Å². The van der Waals surface area contributed by atoms with Crippen LogP contribution in [0.15, 0.2) is 0 Å². The number of aliphatic carboxylic acids is 1. The van der Waals surface area contributed by atoms with Gasteiger partial charge in [-0.15, -0.1) is 0 Å². The molecule has 0 radical (unpaired) electrons. The number of nitrogens with zero attached hydrogens (tertiary/aromatic N) is 1. The molecule has 1 N–H and O–H groups in total. The number of hydrogen-bond donors (Lipinski definition) is 1. The van der Waals surface area contributed by atoms with E-state index in [9.17, 15) is 13.2 Å². The first-order valence-electron chi connectivity index (χ1n) is 5.36. The molecule has 1 fully saturated rings. The smallest absolute Gasteiger partial charge is 0.322 e. The molecule has 1 atom stereocenters. The average molecular weight is 265 g/mol. The monoisotopic (exact) mass is 265 g/mol. The van der Waals surface area contributed by atoms with Crippen molar-refractivity contribution in [1.82, 2.24) is 4.31 Å². The highest BCUT2D eigenvalue weighted by atomic mass is 32.2. The highest BCUT2D eigenvalue weighted by Gasteiger charge is 2.42. The lowest BCUT2D eigenvalue weighted by Crippen LogP contribution is -2.55. The van der Waals surface area contributed by atoms with Crippen molar-refractivity contribution in [2.75, 3.05) is 12.3 Å². The van der Waals surface area contributed by atoms with Crippen molar-refractivity contribution in [2.24, 2.45) is 0 Å². The van der Waals surface area contributed by atoms with Crippen LogP contribution in [0.25, 0.3) is 0 Å². The number of hydrogen-bond acceptors (Lipinski definition) is 3. The summed E-state index contributed by atoms with van der Waals surface area (Å²) in [5.41, 5.74) is 0. The Morgan fingerprint density at radius 1 is 1.44 bits per heavy atom. The second-order valence-corrected chi connectivity index (χ2v) is 13.0. The van der Waals surface area contributed by atoms with Gasteiger partial charge in [0.05, 0.1) is 5.75 Å². The Morgan fingerprint density at radius 3 is 2.31 bits per heavy atom. The lowest BCUT2D eigenvalue weighted by atomic mass is 10.1. The van der Waals surface area contributed by atoms with Crippen LogP contribution in [-0.4, -0.2) is 50.2 Å². The summed E-state index contributed by atoms with van der Waals surface area (Å²) < 4.78 is 24.8. The number of sulfonamides is 1. The predicted octanol–water partition coefficient (Wildman–Crippen LogP) is 0.813. The predicted molar refractivity (Wildman–Crippen MR) is 64.7 cm³/mol. The standard InChI is InChI=1S/C9H19NO4SSi/c1-16(2,3)7-6-15(13,14)10-5-4-8(10)9(11)12/h8H,4-7H2,1-3H3,(H,11,12)/t8-/m0/s1. The molecule has 0 aliphatic carbocycles. The third-order valence-electron chi connectivity index (χ3n) is 2.72. The molecule has 1 saturated heterocycles. The molecule has 94 valence electrons. The molecule has 0 bridgehead atoms. The SMILES string of the molecule is C[Si](C)(C)CCS(=O)(=O)N1CC[C@H]1C(=O)O. The molecule has 0 saturated carbocycles. The molecule has 1 aliphatic rings. The van der Waals surface area contributed by atoms with E-state index in [0.717, 1.165) is 4.31 Å². The number of carboxylic acid groups (broad SMARTS) is 1. The fraction of sp³-hybridized carbons (Fsp3) is 0.889. The molecule has 1 aliphatic heterocycles. The van der Waals surface area contributed by atoms with Crippen molar-refractivity contribution in [2.45, 2.75) is 38.1 Å². The Hall–Kier alpha value is -0.403. The third-order valence-corrected chi connectivity index (χ3v) is 6.71. The average Bonchev–Trinajstić information content (AvgIpc) is 1.95. The Bertz CT molecular complexity index is 373. The Labute approximate surface area is 97.5 Å². The second-order valence-electron chi connectivity index (χ2n) is 5.38. The summed E-state index contributed by atoms with van der Waals surface area (Å²) >= 11 is 0. The molecule has 7 heteroatoms. The quantitative estimate of drug-likeness (QED) is 0.747. The van der Waals surface area contributed by atoms with E-state index in [1.807, 2.05) is 0 Å². The highest BCUT2D eigenvalue weighted by molar-refractivity contribution is 7.89. The second kappa shape index (κ2) is 4.46. The molecule has 16 heavy (non-hydrogen) atoms. The highest BCUT2D eigenvalue weighted by Crippen LogP contribution is 2.24. The summed E-state index contributed by atoms with van der Waals surface area (Å²) in [6, 6.07) is -0.148.